The molecule has 0 saturated carbocycles. The summed E-state index contributed by atoms with van der Waals surface area (Å²) in [6.45, 7) is 7.58. The van der Waals surface area contributed by atoms with Gasteiger partial charge in [0.15, 0.2) is 5.82 Å². The van der Waals surface area contributed by atoms with Crippen LogP contribution in [0, 0.1) is 20.8 Å². The van der Waals surface area contributed by atoms with Crippen molar-refractivity contribution in [3.8, 4) is 11.5 Å². The molecule has 5 nitrogen and oxygen atoms in total. The lowest BCUT2D eigenvalue weighted by Crippen LogP contribution is -2.06. The molecule has 1 atom stereocenters. The number of nitrogens with two attached hydrogens (primary N) is 1. The molecule has 0 aliphatic carbocycles. The Labute approximate surface area is 93.6 Å². The number of rotatable bonds is 2. The van der Waals surface area contributed by atoms with Gasteiger partial charge in [0.25, 0.3) is 5.89 Å². The second kappa shape index (κ2) is 3.75. The standard InChI is InChI=1S/C11H15N3O2/c1-5-7(3)15-8(4)9(5)11-13-10(6(2)12)14-16-11/h6H,12H2,1-4H3. The Hall–Kier alpha value is -1.62. The van der Waals surface area contributed by atoms with Crippen LogP contribution in [0.4, 0.5) is 0 Å². The van der Waals surface area contributed by atoms with Crippen LogP contribution < -0.4 is 5.73 Å². The van der Waals surface area contributed by atoms with E-state index < -0.39 is 0 Å². The first kappa shape index (κ1) is 10.9. The smallest absolute Gasteiger partial charge is 0.261 e. The molecule has 0 fully saturated rings. The minimum absolute atomic E-state index is 0.230. The van der Waals surface area contributed by atoms with E-state index >= 15 is 0 Å². The summed E-state index contributed by atoms with van der Waals surface area (Å²) in [7, 11) is 0. The quantitative estimate of drug-likeness (QED) is 0.841. The fourth-order valence-electron chi connectivity index (χ4n) is 1.63. The lowest BCUT2D eigenvalue weighted by molar-refractivity contribution is 0.416. The normalized spacial score (nSPS) is 13.1. The number of hydrogen-bond donors (Lipinski definition) is 1. The number of aryl methyl sites for hydroxylation is 2. The topological polar surface area (TPSA) is 78.1 Å². The molecule has 2 N–H and O–H groups in total. The Bertz CT molecular complexity index is 511. The van der Waals surface area contributed by atoms with E-state index in [1.54, 1.807) is 0 Å². The van der Waals surface area contributed by atoms with Gasteiger partial charge in [-0.05, 0) is 27.7 Å². The van der Waals surface area contributed by atoms with Gasteiger partial charge in [0.2, 0.25) is 0 Å². The van der Waals surface area contributed by atoms with E-state index in [1.165, 1.54) is 0 Å². The predicted molar refractivity (Wildman–Crippen MR) is 58.8 cm³/mol. The minimum Gasteiger partial charge on any atom is -0.466 e. The minimum atomic E-state index is -0.230. The fourth-order valence-corrected chi connectivity index (χ4v) is 1.63. The molecule has 2 rings (SSSR count). The zero-order valence-corrected chi connectivity index (χ0v) is 9.87. The van der Waals surface area contributed by atoms with Gasteiger partial charge in [-0.3, -0.25) is 0 Å². The van der Waals surface area contributed by atoms with E-state index in [4.69, 9.17) is 14.7 Å². The average Bonchev–Trinajstić information content (AvgIpc) is 2.74. The highest BCUT2D eigenvalue weighted by Crippen LogP contribution is 2.30. The molecule has 2 heterocycles. The monoisotopic (exact) mass is 221 g/mol. The first-order valence-electron chi connectivity index (χ1n) is 5.17. The second-order valence-corrected chi connectivity index (χ2v) is 3.96. The van der Waals surface area contributed by atoms with Crippen LogP contribution in [0.5, 0.6) is 0 Å². The number of nitrogens with zero attached hydrogens (tertiary/aromatic N) is 2. The summed E-state index contributed by atoms with van der Waals surface area (Å²) in [6, 6.07) is -0.230. The maximum Gasteiger partial charge on any atom is 0.261 e. The molecule has 2 aromatic rings. The van der Waals surface area contributed by atoms with Gasteiger partial charge < -0.3 is 14.7 Å². The summed E-state index contributed by atoms with van der Waals surface area (Å²) >= 11 is 0. The Morgan fingerprint density at radius 2 is 1.88 bits per heavy atom. The molecule has 0 bridgehead atoms. The molecule has 5 heteroatoms. The molecule has 0 saturated heterocycles. The molecule has 0 aliphatic heterocycles. The number of aromatic nitrogens is 2. The van der Waals surface area contributed by atoms with Gasteiger partial charge in [-0.2, -0.15) is 4.98 Å². The van der Waals surface area contributed by atoms with Crippen LogP contribution in [0.1, 0.15) is 35.9 Å². The first-order chi connectivity index (χ1) is 7.50. The molecule has 0 amide bonds. The van der Waals surface area contributed by atoms with E-state index in [2.05, 4.69) is 10.1 Å². The Kier molecular flexibility index (Phi) is 2.55. The molecule has 0 spiro atoms. The molecule has 0 aliphatic rings. The zero-order chi connectivity index (χ0) is 11.9. The number of furan rings is 1. The Balaban J connectivity index is 2.50. The van der Waals surface area contributed by atoms with Crippen LogP contribution in [-0.4, -0.2) is 10.1 Å². The van der Waals surface area contributed by atoms with Gasteiger partial charge in [-0.15, -0.1) is 0 Å². The lowest BCUT2D eigenvalue weighted by atomic mass is 10.1. The summed E-state index contributed by atoms with van der Waals surface area (Å²) in [5.74, 6) is 2.63. The van der Waals surface area contributed by atoms with Crippen molar-refractivity contribution in [2.75, 3.05) is 0 Å². The number of hydrogen-bond acceptors (Lipinski definition) is 5. The van der Waals surface area contributed by atoms with Crippen LogP contribution in [-0.2, 0) is 0 Å². The second-order valence-electron chi connectivity index (χ2n) is 3.96. The molecule has 16 heavy (non-hydrogen) atoms. The Morgan fingerprint density at radius 1 is 1.19 bits per heavy atom. The van der Waals surface area contributed by atoms with Gasteiger partial charge in [0.05, 0.1) is 11.6 Å². The zero-order valence-electron chi connectivity index (χ0n) is 9.87. The van der Waals surface area contributed by atoms with Crippen molar-refractivity contribution < 1.29 is 8.94 Å². The van der Waals surface area contributed by atoms with Crippen molar-refractivity contribution in [3.05, 3.63) is 22.9 Å². The van der Waals surface area contributed by atoms with E-state index in [9.17, 15) is 0 Å². The van der Waals surface area contributed by atoms with Crippen molar-refractivity contribution in [2.24, 2.45) is 5.73 Å². The maximum atomic E-state index is 5.68. The van der Waals surface area contributed by atoms with Crippen LogP contribution in [0.15, 0.2) is 8.94 Å². The highest BCUT2D eigenvalue weighted by Gasteiger charge is 2.19. The fraction of sp³-hybridized carbons (Fsp3) is 0.455. The van der Waals surface area contributed by atoms with E-state index in [0.29, 0.717) is 11.7 Å². The molecule has 1 unspecified atom stereocenters. The highest BCUT2D eigenvalue weighted by molar-refractivity contribution is 5.61. The highest BCUT2D eigenvalue weighted by atomic mass is 16.5. The van der Waals surface area contributed by atoms with Gasteiger partial charge in [-0.25, -0.2) is 0 Å². The van der Waals surface area contributed by atoms with E-state index in [1.807, 2.05) is 27.7 Å². The summed E-state index contributed by atoms with van der Waals surface area (Å²) in [5, 5.41) is 3.83. The average molecular weight is 221 g/mol. The first-order valence-corrected chi connectivity index (χ1v) is 5.17. The summed E-state index contributed by atoms with van der Waals surface area (Å²) in [5.41, 5.74) is 7.58. The van der Waals surface area contributed by atoms with E-state index in [-0.39, 0.29) is 6.04 Å². The van der Waals surface area contributed by atoms with Crippen LogP contribution in [0.25, 0.3) is 11.5 Å². The third kappa shape index (κ3) is 1.63. The van der Waals surface area contributed by atoms with Crippen molar-refractivity contribution in [2.45, 2.75) is 33.7 Å². The third-order valence-electron chi connectivity index (χ3n) is 2.62. The molecule has 0 radical (unpaired) electrons. The maximum absolute atomic E-state index is 5.68. The van der Waals surface area contributed by atoms with Crippen molar-refractivity contribution in [3.63, 3.8) is 0 Å². The summed E-state index contributed by atoms with van der Waals surface area (Å²) < 4.78 is 10.7. The largest absolute Gasteiger partial charge is 0.466 e. The SMILES string of the molecule is Cc1oc(C)c(-c2nc(C(C)N)no2)c1C. The van der Waals surface area contributed by atoms with Crippen LogP contribution >= 0.6 is 0 Å². The molecule has 2 aromatic heterocycles. The lowest BCUT2D eigenvalue weighted by Gasteiger charge is -1.94. The van der Waals surface area contributed by atoms with Gasteiger partial charge in [-0.1, -0.05) is 5.16 Å². The van der Waals surface area contributed by atoms with E-state index in [0.717, 1.165) is 22.6 Å². The van der Waals surface area contributed by atoms with Crippen molar-refractivity contribution in [1.82, 2.24) is 10.1 Å². The Morgan fingerprint density at radius 3 is 2.31 bits per heavy atom. The van der Waals surface area contributed by atoms with Crippen LogP contribution in [0.3, 0.4) is 0 Å². The molecule has 0 aromatic carbocycles. The molecular formula is C11H15N3O2. The van der Waals surface area contributed by atoms with Gasteiger partial charge in [0.1, 0.15) is 11.5 Å². The predicted octanol–water partition coefficient (Wildman–Crippen LogP) is 2.27. The molecular weight excluding hydrogens is 206 g/mol. The third-order valence-corrected chi connectivity index (χ3v) is 2.62. The van der Waals surface area contributed by atoms with Crippen molar-refractivity contribution in [1.29, 1.82) is 0 Å². The summed E-state index contributed by atoms with van der Waals surface area (Å²) in [6.07, 6.45) is 0. The summed E-state index contributed by atoms with van der Waals surface area (Å²) in [4.78, 5) is 4.25. The van der Waals surface area contributed by atoms with Gasteiger partial charge in [0, 0.05) is 5.56 Å². The van der Waals surface area contributed by atoms with Crippen molar-refractivity contribution >= 4 is 0 Å². The molecule has 86 valence electrons. The van der Waals surface area contributed by atoms with Crippen LogP contribution in [0.2, 0.25) is 0 Å². The van der Waals surface area contributed by atoms with Gasteiger partial charge >= 0.3 is 0 Å².